The number of amides is 3. The molecule has 8 heteroatoms. The summed E-state index contributed by atoms with van der Waals surface area (Å²) in [6, 6.07) is 10.3. The van der Waals surface area contributed by atoms with Crippen LogP contribution in [0.5, 0.6) is 0 Å². The predicted octanol–water partition coefficient (Wildman–Crippen LogP) is 1.13. The van der Waals surface area contributed by atoms with Crippen LogP contribution in [0.15, 0.2) is 40.9 Å². The molecule has 27 heavy (non-hydrogen) atoms. The predicted molar refractivity (Wildman–Crippen MR) is 97.1 cm³/mol. The van der Waals surface area contributed by atoms with Gasteiger partial charge in [0, 0.05) is 30.8 Å². The highest BCUT2D eigenvalue weighted by Crippen LogP contribution is 2.12. The molecule has 1 saturated heterocycles. The van der Waals surface area contributed by atoms with E-state index in [9.17, 15) is 14.4 Å². The summed E-state index contributed by atoms with van der Waals surface area (Å²) in [7, 11) is 0. The summed E-state index contributed by atoms with van der Waals surface area (Å²) < 4.78 is 4.90. The van der Waals surface area contributed by atoms with Crippen molar-refractivity contribution in [1.82, 2.24) is 20.7 Å². The van der Waals surface area contributed by atoms with E-state index < -0.39 is 0 Å². The van der Waals surface area contributed by atoms with Crippen molar-refractivity contribution in [3.63, 3.8) is 0 Å². The lowest BCUT2D eigenvalue weighted by Gasteiger charge is -2.32. The number of carbonyl (C=O) groups excluding carboxylic acids is 3. The zero-order valence-electron chi connectivity index (χ0n) is 15.1. The highest BCUT2D eigenvalue weighted by Gasteiger charge is 2.25. The molecule has 1 aliphatic rings. The van der Waals surface area contributed by atoms with Crippen LogP contribution >= 0.6 is 0 Å². The van der Waals surface area contributed by atoms with E-state index in [4.69, 9.17) is 4.52 Å². The van der Waals surface area contributed by atoms with Crippen molar-refractivity contribution >= 4 is 17.7 Å². The van der Waals surface area contributed by atoms with Crippen LogP contribution in [0, 0.1) is 6.92 Å². The maximum Gasteiger partial charge on any atom is 0.273 e. The lowest BCUT2D eigenvalue weighted by Crippen LogP contribution is -2.49. The van der Waals surface area contributed by atoms with Crippen LogP contribution in [-0.2, 0) is 4.79 Å². The molecule has 1 aliphatic heterocycles. The summed E-state index contributed by atoms with van der Waals surface area (Å²) in [5.74, 6) is -0.0879. The van der Waals surface area contributed by atoms with Crippen molar-refractivity contribution < 1.29 is 18.9 Å². The van der Waals surface area contributed by atoms with Gasteiger partial charge in [0.1, 0.15) is 5.76 Å². The van der Waals surface area contributed by atoms with Crippen LogP contribution < -0.4 is 10.6 Å². The summed E-state index contributed by atoms with van der Waals surface area (Å²) in [5, 5.41) is 9.25. The monoisotopic (exact) mass is 370 g/mol. The summed E-state index contributed by atoms with van der Waals surface area (Å²) in [5.41, 5.74) is 0.782. The fourth-order valence-corrected chi connectivity index (χ4v) is 2.97. The minimum Gasteiger partial charge on any atom is -0.361 e. The molecule has 3 amide bonds. The number of hydrogen-bond acceptors (Lipinski definition) is 5. The number of nitrogens with one attached hydrogen (secondary N) is 2. The molecular weight excluding hydrogens is 348 g/mol. The van der Waals surface area contributed by atoms with Gasteiger partial charge < -0.3 is 20.1 Å². The average Bonchev–Trinajstić information content (AvgIpc) is 3.13. The number of hydrogen-bond donors (Lipinski definition) is 2. The van der Waals surface area contributed by atoms with Crippen molar-refractivity contribution in [2.75, 3.05) is 19.6 Å². The number of likely N-dealkylation sites (tertiary alicyclic amines) is 1. The second-order valence-corrected chi connectivity index (χ2v) is 6.50. The van der Waals surface area contributed by atoms with Crippen molar-refractivity contribution in [3.05, 3.63) is 53.4 Å². The molecule has 0 spiro atoms. The van der Waals surface area contributed by atoms with Gasteiger partial charge in [-0.05, 0) is 31.9 Å². The van der Waals surface area contributed by atoms with E-state index >= 15 is 0 Å². The quantitative estimate of drug-likeness (QED) is 0.821. The van der Waals surface area contributed by atoms with Gasteiger partial charge in [0.2, 0.25) is 5.91 Å². The molecule has 0 atom stereocenters. The number of nitrogens with zero attached hydrogens (tertiary/aromatic N) is 2. The number of piperidine rings is 1. The highest BCUT2D eigenvalue weighted by atomic mass is 16.5. The van der Waals surface area contributed by atoms with E-state index in [0.717, 1.165) is 0 Å². The highest BCUT2D eigenvalue weighted by molar-refractivity contribution is 5.96. The first-order valence-electron chi connectivity index (χ1n) is 8.88. The lowest BCUT2D eigenvalue weighted by atomic mass is 10.0. The van der Waals surface area contributed by atoms with E-state index in [1.165, 1.54) is 0 Å². The van der Waals surface area contributed by atoms with Crippen LogP contribution in [0.2, 0.25) is 0 Å². The molecule has 0 aliphatic carbocycles. The van der Waals surface area contributed by atoms with Gasteiger partial charge in [-0.25, -0.2) is 0 Å². The Morgan fingerprint density at radius 3 is 2.48 bits per heavy atom. The average molecular weight is 370 g/mol. The van der Waals surface area contributed by atoms with Gasteiger partial charge >= 0.3 is 0 Å². The molecule has 1 aromatic carbocycles. The Hall–Kier alpha value is -3.16. The second kappa shape index (κ2) is 8.48. The fraction of sp³-hybridized carbons (Fsp3) is 0.368. The zero-order valence-corrected chi connectivity index (χ0v) is 15.1. The van der Waals surface area contributed by atoms with Gasteiger partial charge in [0.05, 0.1) is 6.54 Å². The second-order valence-electron chi connectivity index (χ2n) is 6.50. The van der Waals surface area contributed by atoms with Gasteiger partial charge in [-0.3, -0.25) is 14.4 Å². The van der Waals surface area contributed by atoms with Gasteiger partial charge in [-0.1, -0.05) is 23.4 Å². The number of rotatable bonds is 5. The Kier molecular flexibility index (Phi) is 5.85. The number of benzene rings is 1. The van der Waals surface area contributed by atoms with Crippen molar-refractivity contribution in [3.8, 4) is 0 Å². The first kappa shape index (κ1) is 18.6. The molecule has 2 aromatic rings. The fourth-order valence-electron chi connectivity index (χ4n) is 2.97. The summed E-state index contributed by atoms with van der Waals surface area (Å²) in [6.07, 6.45) is 1.31. The van der Waals surface area contributed by atoms with E-state index in [0.29, 0.717) is 37.3 Å². The van der Waals surface area contributed by atoms with E-state index in [2.05, 4.69) is 15.8 Å². The molecule has 0 bridgehead atoms. The molecular formula is C19H22N4O4. The van der Waals surface area contributed by atoms with Gasteiger partial charge in [0.15, 0.2) is 5.69 Å². The third-order valence-corrected chi connectivity index (χ3v) is 4.48. The summed E-state index contributed by atoms with van der Waals surface area (Å²) >= 11 is 0. The number of aryl methyl sites for hydroxylation is 1. The Labute approximate surface area is 156 Å². The molecule has 0 unspecified atom stereocenters. The van der Waals surface area contributed by atoms with Crippen LogP contribution in [0.4, 0.5) is 0 Å². The molecule has 0 saturated carbocycles. The van der Waals surface area contributed by atoms with Crippen molar-refractivity contribution in [2.45, 2.75) is 25.8 Å². The van der Waals surface area contributed by atoms with Crippen molar-refractivity contribution in [2.24, 2.45) is 0 Å². The standard InChI is InChI=1S/C19H22N4O4/c1-13-11-16(22-27-13)19(26)21-15-7-9-23(10-8-15)17(24)12-20-18(25)14-5-3-2-4-6-14/h2-6,11,15H,7-10,12H2,1H3,(H,20,25)(H,21,26). The van der Waals surface area contributed by atoms with Gasteiger partial charge in [0.25, 0.3) is 11.8 Å². The largest absolute Gasteiger partial charge is 0.361 e. The summed E-state index contributed by atoms with van der Waals surface area (Å²) in [4.78, 5) is 38.1. The maximum absolute atomic E-state index is 12.3. The summed E-state index contributed by atoms with van der Waals surface area (Å²) in [6.45, 7) is 2.75. The Morgan fingerprint density at radius 2 is 1.85 bits per heavy atom. The molecule has 2 heterocycles. The first-order chi connectivity index (χ1) is 13.0. The van der Waals surface area contributed by atoms with E-state index in [-0.39, 0.29) is 36.0 Å². The van der Waals surface area contributed by atoms with Crippen LogP contribution in [-0.4, -0.2) is 53.5 Å². The zero-order chi connectivity index (χ0) is 19.2. The SMILES string of the molecule is Cc1cc(C(=O)NC2CCN(C(=O)CNC(=O)c3ccccc3)CC2)no1. The molecule has 8 nitrogen and oxygen atoms in total. The third-order valence-electron chi connectivity index (χ3n) is 4.48. The number of aromatic nitrogens is 1. The van der Waals surface area contributed by atoms with Gasteiger partial charge in [-0.15, -0.1) is 0 Å². The Balaban J connectivity index is 1.41. The third kappa shape index (κ3) is 4.93. The molecule has 1 aromatic heterocycles. The molecule has 1 fully saturated rings. The number of carbonyl (C=O) groups is 3. The van der Waals surface area contributed by atoms with Crippen LogP contribution in [0.1, 0.15) is 39.4 Å². The molecule has 0 radical (unpaired) electrons. The topological polar surface area (TPSA) is 105 Å². The van der Waals surface area contributed by atoms with E-state index in [1.807, 2.05) is 6.07 Å². The smallest absolute Gasteiger partial charge is 0.273 e. The van der Waals surface area contributed by atoms with Crippen LogP contribution in [0.25, 0.3) is 0 Å². The Bertz CT molecular complexity index is 810. The van der Waals surface area contributed by atoms with Crippen LogP contribution in [0.3, 0.4) is 0 Å². The lowest BCUT2D eigenvalue weighted by molar-refractivity contribution is -0.131. The maximum atomic E-state index is 12.3. The normalized spacial score (nSPS) is 14.6. The minimum absolute atomic E-state index is 0.0162. The molecule has 2 N–H and O–H groups in total. The van der Waals surface area contributed by atoms with Crippen molar-refractivity contribution in [1.29, 1.82) is 0 Å². The Morgan fingerprint density at radius 1 is 1.15 bits per heavy atom. The first-order valence-corrected chi connectivity index (χ1v) is 8.88. The minimum atomic E-state index is -0.272. The molecule has 142 valence electrons. The van der Waals surface area contributed by atoms with E-state index in [1.54, 1.807) is 42.2 Å². The van der Waals surface area contributed by atoms with Gasteiger partial charge in [-0.2, -0.15) is 0 Å². The molecule has 3 rings (SSSR count).